The van der Waals surface area contributed by atoms with Crippen molar-refractivity contribution in [2.24, 2.45) is 13.0 Å². The lowest BCUT2D eigenvalue weighted by atomic mass is 9.81. The molecule has 1 N–H and O–H groups in total. The van der Waals surface area contributed by atoms with E-state index < -0.39 is 0 Å². The van der Waals surface area contributed by atoms with Crippen LogP contribution in [0.4, 0.5) is 0 Å². The molecule has 1 saturated carbocycles. The highest BCUT2D eigenvalue weighted by molar-refractivity contribution is 4.94. The first-order valence-corrected chi connectivity index (χ1v) is 7.88. The van der Waals surface area contributed by atoms with Crippen LogP contribution in [0.3, 0.4) is 0 Å². The molecule has 1 fully saturated rings. The van der Waals surface area contributed by atoms with Gasteiger partial charge in [0.1, 0.15) is 12.2 Å². The molecule has 2 unspecified atom stereocenters. The summed E-state index contributed by atoms with van der Waals surface area (Å²) in [6, 6.07) is 0.306. The Kier molecular flexibility index (Phi) is 5.98. The zero-order valence-electron chi connectivity index (χ0n) is 13.0. The fourth-order valence-electron chi connectivity index (χ4n) is 3.32. The lowest BCUT2D eigenvalue weighted by Gasteiger charge is -2.35. The average molecular weight is 280 g/mol. The molecule has 114 valence electrons. The second-order valence-electron chi connectivity index (χ2n) is 5.72. The minimum atomic E-state index is 0.280. The van der Waals surface area contributed by atoms with E-state index in [-0.39, 0.29) is 6.10 Å². The predicted octanol–water partition coefficient (Wildman–Crippen LogP) is 1.93. The highest BCUT2D eigenvalue weighted by Crippen LogP contribution is 2.30. The molecule has 0 radical (unpaired) electrons. The summed E-state index contributed by atoms with van der Waals surface area (Å²) in [5.74, 6) is 1.69. The molecule has 2 atom stereocenters. The first-order chi connectivity index (χ1) is 9.76. The van der Waals surface area contributed by atoms with Gasteiger partial charge in [-0.05, 0) is 32.7 Å². The summed E-state index contributed by atoms with van der Waals surface area (Å²) in [6.45, 7) is 2.86. The molecule has 2 rings (SSSR count). The Morgan fingerprint density at radius 2 is 2.15 bits per heavy atom. The predicted molar refractivity (Wildman–Crippen MR) is 79.5 cm³/mol. The van der Waals surface area contributed by atoms with Crippen molar-refractivity contribution in [1.82, 2.24) is 20.1 Å². The minimum absolute atomic E-state index is 0.280. The lowest BCUT2D eigenvalue weighted by molar-refractivity contribution is -0.0164. The summed E-state index contributed by atoms with van der Waals surface area (Å²) in [4.78, 5) is 4.35. The first-order valence-electron chi connectivity index (χ1n) is 7.88. The molecular weight excluding hydrogens is 252 g/mol. The molecule has 0 spiro atoms. The molecule has 0 saturated heterocycles. The maximum Gasteiger partial charge on any atom is 0.138 e. The Balaban J connectivity index is 2.05. The smallest absolute Gasteiger partial charge is 0.138 e. The van der Waals surface area contributed by atoms with E-state index in [0.29, 0.717) is 12.0 Å². The van der Waals surface area contributed by atoms with Gasteiger partial charge in [0.25, 0.3) is 0 Å². The van der Waals surface area contributed by atoms with Gasteiger partial charge in [-0.1, -0.05) is 19.3 Å². The van der Waals surface area contributed by atoms with E-state index >= 15 is 0 Å². The molecular formula is C15H28N4O. The SMILES string of the molecule is CCOC(C1CCCCC1)C(Cc1ncnn1C)NC. The van der Waals surface area contributed by atoms with Crippen LogP contribution in [-0.4, -0.2) is 40.6 Å². The zero-order chi connectivity index (χ0) is 14.4. The van der Waals surface area contributed by atoms with Crippen LogP contribution in [0.2, 0.25) is 0 Å². The number of aryl methyl sites for hydroxylation is 1. The van der Waals surface area contributed by atoms with Crippen molar-refractivity contribution in [1.29, 1.82) is 0 Å². The minimum Gasteiger partial charge on any atom is -0.377 e. The number of nitrogens with one attached hydrogen (secondary N) is 1. The number of rotatable bonds is 7. The molecule has 0 amide bonds. The van der Waals surface area contributed by atoms with Crippen molar-refractivity contribution in [3.63, 3.8) is 0 Å². The van der Waals surface area contributed by atoms with Crippen LogP contribution >= 0.6 is 0 Å². The molecule has 1 aliphatic rings. The zero-order valence-corrected chi connectivity index (χ0v) is 13.0. The van der Waals surface area contributed by atoms with Crippen molar-refractivity contribution in [3.8, 4) is 0 Å². The van der Waals surface area contributed by atoms with Crippen LogP contribution in [0.25, 0.3) is 0 Å². The van der Waals surface area contributed by atoms with E-state index in [0.717, 1.165) is 18.9 Å². The van der Waals surface area contributed by atoms with Gasteiger partial charge in [0.05, 0.1) is 6.10 Å². The third-order valence-electron chi connectivity index (χ3n) is 4.45. The Labute approximate surface area is 122 Å². The van der Waals surface area contributed by atoms with Gasteiger partial charge >= 0.3 is 0 Å². The number of nitrogens with zero attached hydrogens (tertiary/aromatic N) is 3. The molecule has 1 aromatic heterocycles. The van der Waals surface area contributed by atoms with Crippen molar-refractivity contribution < 1.29 is 4.74 Å². The fourth-order valence-corrected chi connectivity index (χ4v) is 3.32. The highest BCUT2D eigenvalue weighted by atomic mass is 16.5. The standard InChI is InChI=1S/C15H28N4O/c1-4-20-15(12-8-6-5-7-9-12)13(16-2)10-14-17-11-18-19(14)3/h11-13,15-16H,4-10H2,1-3H3. The molecule has 1 aromatic rings. The van der Waals surface area contributed by atoms with Crippen molar-refractivity contribution >= 4 is 0 Å². The monoisotopic (exact) mass is 280 g/mol. The summed E-state index contributed by atoms with van der Waals surface area (Å²) in [5.41, 5.74) is 0. The quantitative estimate of drug-likeness (QED) is 0.829. The summed E-state index contributed by atoms with van der Waals surface area (Å²) >= 11 is 0. The maximum absolute atomic E-state index is 6.10. The summed E-state index contributed by atoms with van der Waals surface area (Å²) in [5, 5.41) is 7.60. The summed E-state index contributed by atoms with van der Waals surface area (Å²) < 4.78 is 7.96. The molecule has 0 aliphatic heterocycles. The Morgan fingerprint density at radius 3 is 2.70 bits per heavy atom. The number of hydrogen-bond acceptors (Lipinski definition) is 4. The second-order valence-corrected chi connectivity index (χ2v) is 5.72. The molecule has 0 bridgehead atoms. The molecule has 0 aromatic carbocycles. The average Bonchev–Trinajstić information content (AvgIpc) is 2.89. The molecule has 1 aliphatic carbocycles. The topological polar surface area (TPSA) is 52.0 Å². The van der Waals surface area contributed by atoms with E-state index in [2.05, 4.69) is 22.3 Å². The molecule has 5 heteroatoms. The van der Waals surface area contributed by atoms with Crippen molar-refractivity contribution in [2.45, 2.75) is 57.6 Å². The van der Waals surface area contributed by atoms with Crippen molar-refractivity contribution in [3.05, 3.63) is 12.2 Å². The van der Waals surface area contributed by atoms with E-state index in [4.69, 9.17) is 4.74 Å². The fraction of sp³-hybridized carbons (Fsp3) is 0.867. The third-order valence-corrected chi connectivity index (χ3v) is 4.45. The van der Waals surface area contributed by atoms with Crippen LogP contribution < -0.4 is 5.32 Å². The molecule has 20 heavy (non-hydrogen) atoms. The van der Waals surface area contributed by atoms with Gasteiger partial charge in [-0.25, -0.2) is 4.98 Å². The van der Waals surface area contributed by atoms with Crippen LogP contribution in [0.5, 0.6) is 0 Å². The van der Waals surface area contributed by atoms with Crippen LogP contribution in [0.1, 0.15) is 44.9 Å². The van der Waals surface area contributed by atoms with Gasteiger partial charge < -0.3 is 10.1 Å². The Hall–Kier alpha value is -0.940. The van der Waals surface area contributed by atoms with E-state index in [1.807, 2.05) is 18.8 Å². The largest absolute Gasteiger partial charge is 0.377 e. The van der Waals surface area contributed by atoms with Gasteiger partial charge in [-0.15, -0.1) is 0 Å². The van der Waals surface area contributed by atoms with Crippen LogP contribution in [0.15, 0.2) is 6.33 Å². The van der Waals surface area contributed by atoms with Gasteiger partial charge in [-0.3, -0.25) is 4.68 Å². The lowest BCUT2D eigenvalue weighted by Crippen LogP contribution is -2.46. The number of ether oxygens (including phenoxy) is 1. The van der Waals surface area contributed by atoms with E-state index in [1.54, 1.807) is 6.33 Å². The molecule has 5 nitrogen and oxygen atoms in total. The van der Waals surface area contributed by atoms with Gasteiger partial charge in [0.2, 0.25) is 0 Å². The normalized spacial score (nSPS) is 19.9. The number of aromatic nitrogens is 3. The number of likely N-dealkylation sites (N-methyl/N-ethyl adjacent to an activating group) is 1. The maximum atomic E-state index is 6.10. The number of hydrogen-bond donors (Lipinski definition) is 1. The van der Waals surface area contributed by atoms with E-state index in [9.17, 15) is 0 Å². The van der Waals surface area contributed by atoms with Crippen molar-refractivity contribution in [2.75, 3.05) is 13.7 Å². The first kappa shape index (κ1) is 15.4. The third kappa shape index (κ3) is 3.79. The summed E-state index contributed by atoms with van der Waals surface area (Å²) in [7, 11) is 3.97. The molecule has 1 heterocycles. The van der Waals surface area contributed by atoms with Gasteiger partial charge in [0, 0.05) is 26.1 Å². The second kappa shape index (κ2) is 7.74. The van der Waals surface area contributed by atoms with Crippen LogP contribution in [-0.2, 0) is 18.2 Å². The van der Waals surface area contributed by atoms with E-state index in [1.165, 1.54) is 32.1 Å². The Morgan fingerprint density at radius 1 is 1.40 bits per heavy atom. The van der Waals surface area contributed by atoms with Gasteiger partial charge in [0.15, 0.2) is 0 Å². The Bertz CT molecular complexity index is 387. The summed E-state index contributed by atoms with van der Waals surface area (Å²) in [6.07, 6.45) is 9.42. The van der Waals surface area contributed by atoms with Gasteiger partial charge in [-0.2, -0.15) is 5.10 Å². The van der Waals surface area contributed by atoms with Crippen LogP contribution in [0, 0.1) is 5.92 Å². The highest BCUT2D eigenvalue weighted by Gasteiger charge is 2.31.